The first-order valence-corrected chi connectivity index (χ1v) is 5.89. The minimum absolute atomic E-state index is 0.127. The highest BCUT2D eigenvalue weighted by molar-refractivity contribution is 5.79. The van der Waals surface area contributed by atoms with Crippen LogP contribution in [0.1, 0.15) is 18.2 Å². The van der Waals surface area contributed by atoms with Crippen molar-refractivity contribution in [3.63, 3.8) is 0 Å². The lowest BCUT2D eigenvalue weighted by molar-refractivity contribution is 0.251. The first kappa shape index (κ1) is 12.0. The third-order valence-corrected chi connectivity index (χ3v) is 2.82. The van der Waals surface area contributed by atoms with Crippen LogP contribution in [-0.4, -0.2) is 22.7 Å². The molecule has 2 rings (SSSR count). The highest BCUT2D eigenvalue weighted by atomic mass is 16.3. The van der Waals surface area contributed by atoms with E-state index in [2.05, 4.69) is 28.5 Å². The van der Waals surface area contributed by atoms with Crippen molar-refractivity contribution in [2.75, 3.05) is 6.61 Å². The minimum Gasteiger partial charge on any atom is -0.395 e. The summed E-state index contributed by atoms with van der Waals surface area (Å²) < 4.78 is 0. The number of hydrogen-bond acceptors (Lipinski definition) is 3. The van der Waals surface area contributed by atoms with Gasteiger partial charge in [0, 0.05) is 23.7 Å². The molecule has 0 bridgehead atoms. The average Bonchev–Trinajstić information content (AvgIpc) is 2.35. The molecule has 0 spiro atoms. The molecule has 0 aliphatic carbocycles. The zero-order chi connectivity index (χ0) is 12.3. The van der Waals surface area contributed by atoms with Gasteiger partial charge in [-0.2, -0.15) is 0 Å². The predicted molar refractivity (Wildman–Crippen MR) is 69.9 cm³/mol. The smallest absolute Gasteiger partial charge is 0.0705 e. The molecule has 0 saturated carbocycles. The fourth-order valence-corrected chi connectivity index (χ4v) is 1.74. The summed E-state index contributed by atoms with van der Waals surface area (Å²) in [7, 11) is 0. The maximum atomic E-state index is 8.94. The van der Waals surface area contributed by atoms with E-state index in [1.54, 1.807) is 0 Å². The van der Waals surface area contributed by atoms with Gasteiger partial charge in [0.05, 0.1) is 12.1 Å². The van der Waals surface area contributed by atoms with Gasteiger partial charge in [0.2, 0.25) is 0 Å². The summed E-state index contributed by atoms with van der Waals surface area (Å²) in [5, 5.41) is 13.4. The van der Waals surface area contributed by atoms with E-state index in [0.717, 1.165) is 23.1 Å². The van der Waals surface area contributed by atoms with Gasteiger partial charge in [0.1, 0.15) is 0 Å². The molecule has 3 nitrogen and oxygen atoms in total. The van der Waals surface area contributed by atoms with E-state index >= 15 is 0 Å². The van der Waals surface area contributed by atoms with E-state index < -0.39 is 0 Å². The fourth-order valence-electron chi connectivity index (χ4n) is 1.74. The molecular weight excluding hydrogens is 212 g/mol. The molecule has 0 saturated heterocycles. The lowest BCUT2D eigenvalue weighted by Gasteiger charge is -2.11. The molecular formula is C14H18N2O. The molecule has 0 aliphatic heterocycles. The number of nitrogens with one attached hydrogen (secondary N) is 1. The van der Waals surface area contributed by atoms with E-state index in [1.807, 2.05) is 26.0 Å². The quantitative estimate of drug-likeness (QED) is 0.844. The average molecular weight is 230 g/mol. The summed E-state index contributed by atoms with van der Waals surface area (Å²) in [4.78, 5) is 4.47. The summed E-state index contributed by atoms with van der Waals surface area (Å²) in [6.45, 7) is 4.89. The summed E-state index contributed by atoms with van der Waals surface area (Å²) >= 11 is 0. The van der Waals surface area contributed by atoms with Crippen LogP contribution in [0.15, 0.2) is 30.3 Å². The van der Waals surface area contributed by atoms with Crippen LogP contribution in [0.4, 0.5) is 0 Å². The Kier molecular flexibility index (Phi) is 3.71. The lowest BCUT2D eigenvalue weighted by atomic mass is 10.1. The van der Waals surface area contributed by atoms with Crippen molar-refractivity contribution in [2.45, 2.75) is 26.4 Å². The molecule has 1 atom stereocenters. The zero-order valence-electron chi connectivity index (χ0n) is 10.3. The third kappa shape index (κ3) is 3.02. The first-order chi connectivity index (χ1) is 8.19. The molecule has 1 heterocycles. The van der Waals surface area contributed by atoms with Crippen LogP contribution in [0.2, 0.25) is 0 Å². The Balaban J connectivity index is 2.17. The standard InChI is InChI=1S/C14H18N2O/c1-10-3-5-13-7-12(4-6-14(13)16-10)8-15-11(2)9-17/h3-7,11,15,17H,8-9H2,1-2H3. The first-order valence-electron chi connectivity index (χ1n) is 5.89. The molecule has 0 amide bonds. The summed E-state index contributed by atoms with van der Waals surface area (Å²) in [5.41, 5.74) is 3.28. The largest absolute Gasteiger partial charge is 0.395 e. The van der Waals surface area contributed by atoms with Gasteiger partial charge in [-0.1, -0.05) is 12.1 Å². The van der Waals surface area contributed by atoms with Crippen LogP contribution in [0.3, 0.4) is 0 Å². The molecule has 0 fully saturated rings. The number of fused-ring (bicyclic) bond motifs is 1. The Morgan fingerprint density at radius 2 is 2.12 bits per heavy atom. The third-order valence-electron chi connectivity index (χ3n) is 2.82. The van der Waals surface area contributed by atoms with Crippen LogP contribution in [-0.2, 0) is 6.54 Å². The molecule has 1 aromatic carbocycles. The van der Waals surface area contributed by atoms with E-state index in [0.29, 0.717) is 0 Å². The monoisotopic (exact) mass is 230 g/mol. The van der Waals surface area contributed by atoms with Gasteiger partial charge in [-0.25, -0.2) is 0 Å². The maximum absolute atomic E-state index is 8.94. The van der Waals surface area contributed by atoms with E-state index in [9.17, 15) is 0 Å². The van der Waals surface area contributed by atoms with Crippen LogP contribution < -0.4 is 5.32 Å². The van der Waals surface area contributed by atoms with Gasteiger partial charge in [-0.15, -0.1) is 0 Å². The molecule has 0 radical (unpaired) electrons. The second kappa shape index (κ2) is 5.25. The Hall–Kier alpha value is -1.45. The summed E-state index contributed by atoms with van der Waals surface area (Å²) in [6, 6.07) is 10.5. The Labute approximate surface area is 102 Å². The second-order valence-corrected chi connectivity index (χ2v) is 4.44. The van der Waals surface area contributed by atoms with Gasteiger partial charge >= 0.3 is 0 Å². The van der Waals surface area contributed by atoms with Crippen molar-refractivity contribution in [1.82, 2.24) is 10.3 Å². The van der Waals surface area contributed by atoms with Crippen molar-refractivity contribution >= 4 is 10.9 Å². The van der Waals surface area contributed by atoms with Crippen molar-refractivity contribution in [1.29, 1.82) is 0 Å². The van der Waals surface area contributed by atoms with Gasteiger partial charge in [0.25, 0.3) is 0 Å². The number of hydrogen-bond donors (Lipinski definition) is 2. The minimum atomic E-state index is 0.127. The normalized spacial score (nSPS) is 12.9. The second-order valence-electron chi connectivity index (χ2n) is 4.44. The number of aryl methyl sites for hydroxylation is 1. The lowest BCUT2D eigenvalue weighted by Crippen LogP contribution is -2.28. The molecule has 1 unspecified atom stereocenters. The van der Waals surface area contributed by atoms with E-state index in [-0.39, 0.29) is 12.6 Å². The number of rotatable bonds is 4. The molecule has 1 aromatic heterocycles. The highest BCUT2D eigenvalue weighted by Gasteiger charge is 2.01. The summed E-state index contributed by atoms with van der Waals surface area (Å²) in [5.74, 6) is 0. The molecule has 90 valence electrons. The Bertz CT molecular complexity index is 511. The van der Waals surface area contributed by atoms with E-state index in [1.165, 1.54) is 5.56 Å². The maximum Gasteiger partial charge on any atom is 0.0705 e. The Morgan fingerprint density at radius 1 is 1.29 bits per heavy atom. The fraction of sp³-hybridized carbons (Fsp3) is 0.357. The van der Waals surface area contributed by atoms with Crippen LogP contribution >= 0.6 is 0 Å². The SMILES string of the molecule is Cc1ccc2cc(CNC(C)CO)ccc2n1. The number of benzene rings is 1. The number of aliphatic hydroxyl groups is 1. The predicted octanol–water partition coefficient (Wildman–Crippen LogP) is 2.01. The van der Waals surface area contributed by atoms with Crippen molar-refractivity contribution < 1.29 is 5.11 Å². The van der Waals surface area contributed by atoms with Gasteiger partial charge < -0.3 is 10.4 Å². The van der Waals surface area contributed by atoms with Crippen LogP contribution in [0, 0.1) is 6.92 Å². The molecule has 2 aromatic rings. The van der Waals surface area contributed by atoms with Gasteiger partial charge in [0.15, 0.2) is 0 Å². The number of aromatic nitrogens is 1. The van der Waals surface area contributed by atoms with Gasteiger partial charge in [-0.05, 0) is 37.6 Å². The molecule has 17 heavy (non-hydrogen) atoms. The van der Waals surface area contributed by atoms with Crippen LogP contribution in [0.5, 0.6) is 0 Å². The van der Waals surface area contributed by atoms with Crippen molar-refractivity contribution in [2.24, 2.45) is 0 Å². The molecule has 0 aliphatic rings. The molecule has 2 N–H and O–H groups in total. The molecule has 3 heteroatoms. The van der Waals surface area contributed by atoms with Gasteiger partial charge in [-0.3, -0.25) is 4.98 Å². The number of pyridine rings is 1. The van der Waals surface area contributed by atoms with Crippen molar-refractivity contribution in [3.05, 3.63) is 41.6 Å². The van der Waals surface area contributed by atoms with E-state index in [4.69, 9.17) is 5.11 Å². The zero-order valence-corrected chi connectivity index (χ0v) is 10.3. The number of nitrogens with zero attached hydrogens (tertiary/aromatic N) is 1. The Morgan fingerprint density at radius 3 is 2.88 bits per heavy atom. The topological polar surface area (TPSA) is 45.1 Å². The van der Waals surface area contributed by atoms with Crippen molar-refractivity contribution in [3.8, 4) is 0 Å². The van der Waals surface area contributed by atoms with Crippen LogP contribution in [0.25, 0.3) is 10.9 Å². The number of aliphatic hydroxyl groups excluding tert-OH is 1. The summed E-state index contributed by atoms with van der Waals surface area (Å²) in [6.07, 6.45) is 0. The highest BCUT2D eigenvalue weighted by Crippen LogP contribution is 2.14.